The predicted molar refractivity (Wildman–Crippen MR) is 95.7 cm³/mol. The van der Waals surface area contributed by atoms with Crippen molar-refractivity contribution in [3.63, 3.8) is 0 Å². The Labute approximate surface area is 139 Å². The summed E-state index contributed by atoms with van der Waals surface area (Å²) in [4.78, 5) is 8.68. The molecular formula is C19H25N3O. The van der Waals surface area contributed by atoms with Gasteiger partial charge in [-0.15, -0.1) is 0 Å². The number of rotatable bonds is 5. The van der Waals surface area contributed by atoms with Gasteiger partial charge in [-0.05, 0) is 23.3 Å². The summed E-state index contributed by atoms with van der Waals surface area (Å²) in [6.07, 6.45) is 0. The van der Waals surface area contributed by atoms with Crippen molar-refractivity contribution in [2.75, 3.05) is 28.2 Å². The summed E-state index contributed by atoms with van der Waals surface area (Å²) in [6, 6.07) is 18.3. The van der Waals surface area contributed by atoms with Crippen LogP contribution in [0.4, 0.5) is 0 Å². The van der Waals surface area contributed by atoms with E-state index in [1.54, 1.807) is 0 Å². The third kappa shape index (κ3) is 5.33. The fourth-order valence-corrected chi connectivity index (χ4v) is 2.32. The van der Waals surface area contributed by atoms with Crippen LogP contribution in [0.5, 0.6) is 5.75 Å². The molecule has 0 N–H and O–H groups in total. The number of hydrogen-bond donors (Lipinski definition) is 0. The second kappa shape index (κ2) is 8.22. The van der Waals surface area contributed by atoms with E-state index in [1.807, 2.05) is 68.3 Å². The monoisotopic (exact) mass is 311 g/mol. The van der Waals surface area contributed by atoms with Crippen LogP contribution < -0.4 is 4.74 Å². The Kier molecular flexibility index (Phi) is 6.03. The second-order valence-corrected chi connectivity index (χ2v) is 5.83. The topological polar surface area (TPSA) is 28.1 Å². The second-order valence-electron chi connectivity index (χ2n) is 5.83. The van der Waals surface area contributed by atoms with Gasteiger partial charge in [-0.25, -0.2) is 4.99 Å². The van der Waals surface area contributed by atoms with Crippen LogP contribution in [0.25, 0.3) is 0 Å². The molecule has 0 amide bonds. The number of benzene rings is 2. The van der Waals surface area contributed by atoms with Gasteiger partial charge in [0.15, 0.2) is 5.96 Å². The third-order valence-electron chi connectivity index (χ3n) is 3.35. The lowest BCUT2D eigenvalue weighted by Crippen LogP contribution is -2.35. The molecule has 2 aromatic rings. The van der Waals surface area contributed by atoms with Gasteiger partial charge in [-0.3, -0.25) is 0 Å². The van der Waals surface area contributed by atoms with Gasteiger partial charge in [0.1, 0.15) is 12.4 Å². The highest BCUT2D eigenvalue weighted by atomic mass is 16.5. The van der Waals surface area contributed by atoms with Crippen molar-refractivity contribution in [2.45, 2.75) is 13.2 Å². The fraction of sp³-hybridized carbons (Fsp3) is 0.316. The molecule has 2 rings (SSSR count). The first kappa shape index (κ1) is 16.9. The van der Waals surface area contributed by atoms with Crippen molar-refractivity contribution in [1.29, 1.82) is 0 Å². The molecule has 0 radical (unpaired) electrons. The third-order valence-corrected chi connectivity index (χ3v) is 3.35. The number of hydrogen-bond acceptors (Lipinski definition) is 2. The Bertz CT molecular complexity index is 626. The lowest BCUT2D eigenvalue weighted by molar-refractivity contribution is 0.306. The van der Waals surface area contributed by atoms with Gasteiger partial charge < -0.3 is 14.5 Å². The minimum Gasteiger partial charge on any atom is -0.489 e. The largest absolute Gasteiger partial charge is 0.489 e. The highest BCUT2D eigenvalue weighted by molar-refractivity contribution is 5.79. The minimum atomic E-state index is 0.578. The zero-order valence-corrected chi connectivity index (χ0v) is 14.4. The molecule has 0 aliphatic carbocycles. The number of nitrogens with zero attached hydrogens (tertiary/aromatic N) is 3. The molecular weight excluding hydrogens is 286 g/mol. The van der Waals surface area contributed by atoms with E-state index in [-0.39, 0.29) is 0 Å². The lowest BCUT2D eigenvalue weighted by atomic mass is 10.2. The molecule has 0 aliphatic rings. The SMILES string of the molecule is CN(C)C(=NCc1cccc(OCc2ccccc2)c1)N(C)C. The number of ether oxygens (including phenoxy) is 1. The van der Waals surface area contributed by atoms with Gasteiger partial charge in [-0.2, -0.15) is 0 Å². The van der Waals surface area contributed by atoms with Crippen LogP contribution in [0.15, 0.2) is 59.6 Å². The van der Waals surface area contributed by atoms with E-state index >= 15 is 0 Å². The van der Waals surface area contributed by atoms with Gasteiger partial charge in [-0.1, -0.05) is 42.5 Å². The molecule has 23 heavy (non-hydrogen) atoms. The highest BCUT2D eigenvalue weighted by Gasteiger charge is 2.04. The highest BCUT2D eigenvalue weighted by Crippen LogP contribution is 2.16. The molecule has 2 aromatic carbocycles. The summed E-state index contributed by atoms with van der Waals surface area (Å²) >= 11 is 0. The zero-order chi connectivity index (χ0) is 16.7. The summed E-state index contributed by atoms with van der Waals surface area (Å²) in [5.74, 6) is 1.82. The molecule has 0 spiro atoms. The molecule has 0 unspecified atom stereocenters. The van der Waals surface area contributed by atoms with Crippen molar-refractivity contribution < 1.29 is 4.74 Å². The predicted octanol–water partition coefficient (Wildman–Crippen LogP) is 3.24. The van der Waals surface area contributed by atoms with Crippen molar-refractivity contribution >= 4 is 5.96 Å². The first-order chi connectivity index (χ1) is 11.1. The van der Waals surface area contributed by atoms with Crippen molar-refractivity contribution in [2.24, 2.45) is 4.99 Å². The first-order valence-electron chi connectivity index (χ1n) is 7.71. The molecule has 0 saturated carbocycles. The van der Waals surface area contributed by atoms with Gasteiger partial charge in [0, 0.05) is 28.2 Å². The molecule has 0 atom stereocenters. The Morgan fingerprint density at radius 1 is 0.870 bits per heavy atom. The van der Waals surface area contributed by atoms with Gasteiger partial charge in [0.2, 0.25) is 0 Å². The summed E-state index contributed by atoms with van der Waals surface area (Å²) in [7, 11) is 7.99. The van der Waals surface area contributed by atoms with Gasteiger partial charge in [0.05, 0.1) is 6.54 Å². The normalized spacial score (nSPS) is 10.1. The van der Waals surface area contributed by atoms with Crippen LogP contribution in [0.1, 0.15) is 11.1 Å². The number of aliphatic imine (C=N–C) groups is 1. The lowest BCUT2D eigenvalue weighted by Gasteiger charge is -2.22. The molecule has 0 fully saturated rings. The maximum Gasteiger partial charge on any atom is 0.195 e. The van der Waals surface area contributed by atoms with Gasteiger partial charge in [0.25, 0.3) is 0 Å². The van der Waals surface area contributed by atoms with Crippen LogP contribution in [-0.2, 0) is 13.2 Å². The smallest absolute Gasteiger partial charge is 0.195 e. The molecule has 0 aliphatic heterocycles. The van der Waals surface area contributed by atoms with Crippen molar-refractivity contribution in [3.05, 3.63) is 65.7 Å². The first-order valence-corrected chi connectivity index (χ1v) is 7.71. The summed E-state index contributed by atoms with van der Waals surface area (Å²) in [5, 5.41) is 0. The molecule has 122 valence electrons. The maximum absolute atomic E-state index is 5.87. The average Bonchev–Trinajstić information content (AvgIpc) is 2.54. The van der Waals surface area contributed by atoms with E-state index in [1.165, 1.54) is 5.56 Å². The molecule has 4 heteroatoms. The summed E-state index contributed by atoms with van der Waals surface area (Å²) in [6.45, 7) is 1.21. The zero-order valence-electron chi connectivity index (χ0n) is 14.4. The molecule has 4 nitrogen and oxygen atoms in total. The van der Waals surface area contributed by atoms with E-state index in [2.05, 4.69) is 29.3 Å². The Morgan fingerprint density at radius 2 is 1.52 bits per heavy atom. The standard InChI is InChI=1S/C19H25N3O/c1-21(2)19(22(3)4)20-14-17-11-8-12-18(13-17)23-15-16-9-6-5-7-10-16/h5-13H,14-15H2,1-4H3. The average molecular weight is 311 g/mol. The van der Waals surface area contributed by atoms with E-state index in [0.29, 0.717) is 13.2 Å². The van der Waals surface area contributed by atoms with Crippen LogP contribution in [0.2, 0.25) is 0 Å². The Hall–Kier alpha value is -2.49. The molecule has 0 heterocycles. The molecule has 0 aromatic heterocycles. The van der Waals surface area contributed by atoms with Crippen LogP contribution in [0.3, 0.4) is 0 Å². The van der Waals surface area contributed by atoms with E-state index in [4.69, 9.17) is 4.74 Å². The van der Waals surface area contributed by atoms with E-state index in [0.717, 1.165) is 17.3 Å². The summed E-state index contributed by atoms with van der Waals surface area (Å²) in [5.41, 5.74) is 2.30. The van der Waals surface area contributed by atoms with E-state index < -0.39 is 0 Å². The summed E-state index contributed by atoms with van der Waals surface area (Å²) < 4.78 is 5.87. The van der Waals surface area contributed by atoms with Crippen LogP contribution in [-0.4, -0.2) is 44.0 Å². The fourth-order valence-electron chi connectivity index (χ4n) is 2.32. The van der Waals surface area contributed by atoms with Crippen molar-refractivity contribution in [1.82, 2.24) is 9.80 Å². The van der Waals surface area contributed by atoms with Gasteiger partial charge >= 0.3 is 0 Å². The quantitative estimate of drug-likeness (QED) is 0.627. The number of guanidine groups is 1. The maximum atomic E-state index is 5.87. The minimum absolute atomic E-state index is 0.578. The Morgan fingerprint density at radius 3 is 2.17 bits per heavy atom. The molecule has 0 saturated heterocycles. The van der Waals surface area contributed by atoms with Crippen LogP contribution >= 0.6 is 0 Å². The van der Waals surface area contributed by atoms with E-state index in [9.17, 15) is 0 Å². The van der Waals surface area contributed by atoms with Crippen LogP contribution in [0, 0.1) is 0 Å². The molecule has 0 bridgehead atoms. The Balaban J connectivity index is 2.00. The van der Waals surface area contributed by atoms with Crippen molar-refractivity contribution in [3.8, 4) is 5.75 Å².